The molecule has 4 N–H and O–H groups in total. The van der Waals surface area contributed by atoms with Gasteiger partial charge in [0.1, 0.15) is 11.8 Å². The molecule has 9 nitrogen and oxygen atoms in total. The van der Waals surface area contributed by atoms with E-state index in [1.807, 2.05) is 32.7 Å². The van der Waals surface area contributed by atoms with Crippen molar-refractivity contribution in [1.29, 1.82) is 0 Å². The van der Waals surface area contributed by atoms with Crippen LogP contribution in [0.25, 0.3) is 0 Å². The highest BCUT2D eigenvalue weighted by Gasteiger charge is 2.22. The van der Waals surface area contributed by atoms with Crippen LogP contribution in [0.5, 0.6) is 0 Å². The first-order valence-corrected chi connectivity index (χ1v) is 9.05. The van der Waals surface area contributed by atoms with Crippen LogP contribution in [0.1, 0.15) is 64.6 Å². The van der Waals surface area contributed by atoms with Crippen LogP contribution in [0.3, 0.4) is 0 Å². The zero-order valence-corrected chi connectivity index (χ0v) is 17.5. The number of primary amides is 1. The van der Waals surface area contributed by atoms with E-state index in [4.69, 9.17) is 10.5 Å². The van der Waals surface area contributed by atoms with Gasteiger partial charge in [-0.15, -0.1) is 0 Å². The van der Waals surface area contributed by atoms with E-state index in [0.717, 1.165) is 0 Å². The van der Waals surface area contributed by atoms with Crippen molar-refractivity contribution in [3.05, 3.63) is 11.4 Å². The van der Waals surface area contributed by atoms with Crippen LogP contribution in [0.2, 0.25) is 0 Å². The van der Waals surface area contributed by atoms with Crippen LogP contribution in [-0.2, 0) is 11.2 Å². The third-order valence-electron chi connectivity index (χ3n) is 3.71. The standard InChI is InChI=1S/C18H32N6O3/c1-9-12-16(24(8)10(2)3)23-15(13(22-12)14(19)25)20-11(4)21-17(26)27-18(5,6)7/h10-11H,9H2,1-8H3,(H2,19,25)(H,20,23)(H,21,26). The topological polar surface area (TPSA) is 122 Å². The van der Waals surface area contributed by atoms with E-state index in [1.165, 1.54) is 0 Å². The van der Waals surface area contributed by atoms with Gasteiger partial charge in [-0.05, 0) is 48.0 Å². The molecule has 9 heteroatoms. The summed E-state index contributed by atoms with van der Waals surface area (Å²) in [6.07, 6.45) is -0.538. The molecule has 0 fully saturated rings. The van der Waals surface area contributed by atoms with Crippen molar-refractivity contribution in [2.75, 3.05) is 17.3 Å². The molecule has 0 spiro atoms. The molecule has 2 amide bonds. The van der Waals surface area contributed by atoms with Crippen LogP contribution < -0.4 is 21.3 Å². The number of nitrogens with two attached hydrogens (primary N) is 1. The molecular formula is C18H32N6O3. The third-order valence-corrected chi connectivity index (χ3v) is 3.71. The van der Waals surface area contributed by atoms with E-state index >= 15 is 0 Å². The summed E-state index contributed by atoms with van der Waals surface area (Å²) in [7, 11) is 1.91. The highest BCUT2D eigenvalue weighted by molar-refractivity contribution is 5.96. The maximum absolute atomic E-state index is 11.9. The molecule has 1 heterocycles. The third kappa shape index (κ3) is 6.58. The number of anilines is 2. The predicted molar refractivity (Wildman–Crippen MR) is 106 cm³/mol. The largest absolute Gasteiger partial charge is 0.444 e. The number of hydrogen-bond donors (Lipinski definition) is 3. The maximum Gasteiger partial charge on any atom is 0.409 e. The van der Waals surface area contributed by atoms with Gasteiger partial charge in [-0.25, -0.2) is 14.8 Å². The number of amides is 2. The lowest BCUT2D eigenvalue weighted by Gasteiger charge is -2.27. The van der Waals surface area contributed by atoms with Gasteiger partial charge in [-0.3, -0.25) is 4.79 Å². The second kappa shape index (κ2) is 8.88. The molecule has 0 aliphatic carbocycles. The van der Waals surface area contributed by atoms with Crippen molar-refractivity contribution in [1.82, 2.24) is 15.3 Å². The summed E-state index contributed by atoms with van der Waals surface area (Å²) >= 11 is 0. The molecule has 0 bridgehead atoms. The van der Waals surface area contributed by atoms with Crippen molar-refractivity contribution in [2.45, 2.75) is 72.7 Å². The minimum atomic E-state index is -0.692. The smallest absolute Gasteiger partial charge is 0.409 e. The number of carbonyl (C=O) groups excluding carboxylic acids is 2. The summed E-state index contributed by atoms with van der Waals surface area (Å²) < 4.78 is 5.23. The summed E-state index contributed by atoms with van der Waals surface area (Å²) in [4.78, 5) is 34.7. The maximum atomic E-state index is 11.9. The quantitative estimate of drug-likeness (QED) is 0.620. The average molecular weight is 380 g/mol. The number of aromatic nitrogens is 2. The normalized spacial score (nSPS) is 12.5. The number of rotatable bonds is 7. The molecule has 1 atom stereocenters. The Kier molecular flexibility index (Phi) is 7.38. The van der Waals surface area contributed by atoms with Gasteiger partial charge in [-0.1, -0.05) is 6.92 Å². The molecule has 1 unspecified atom stereocenters. The Labute approximate surface area is 161 Å². The van der Waals surface area contributed by atoms with Crippen molar-refractivity contribution < 1.29 is 14.3 Å². The Morgan fingerprint density at radius 3 is 2.26 bits per heavy atom. The molecule has 0 saturated carbocycles. The number of nitrogens with zero attached hydrogens (tertiary/aromatic N) is 3. The molecule has 152 valence electrons. The van der Waals surface area contributed by atoms with Crippen LogP contribution >= 0.6 is 0 Å². The highest BCUT2D eigenvalue weighted by Crippen LogP contribution is 2.23. The van der Waals surface area contributed by atoms with Gasteiger partial charge in [0.05, 0.1) is 5.69 Å². The summed E-state index contributed by atoms with van der Waals surface area (Å²) in [5.41, 5.74) is 5.58. The molecule has 0 radical (unpaired) electrons. The van der Waals surface area contributed by atoms with Crippen LogP contribution in [0.4, 0.5) is 16.4 Å². The van der Waals surface area contributed by atoms with Gasteiger partial charge in [0, 0.05) is 13.1 Å². The molecule has 1 rings (SSSR count). The first kappa shape index (κ1) is 22.5. The number of aryl methyl sites for hydroxylation is 1. The Morgan fingerprint density at radius 1 is 1.22 bits per heavy atom. The zero-order chi connectivity index (χ0) is 20.9. The van der Waals surface area contributed by atoms with Gasteiger partial charge in [-0.2, -0.15) is 0 Å². The molecule has 0 aliphatic rings. The SMILES string of the molecule is CCc1nc(C(N)=O)c(NC(C)NC(=O)OC(C)(C)C)nc1N(C)C(C)C. The lowest BCUT2D eigenvalue weighted by atomic mass is 10.2. The van der Waals surface area contributed by atoms with Crippen molar-refractivity contribution in [2.24, 2.45) is 5.73 Å². The van der Waals surface area contributed by atoms with E-state index in [2.05, 4.69) is 20.6 Å². The van der Waals surface area contributed by atoms with Crippen molar-refractivity contribution >= 4 is 23.6 Å². The van der Waals surface area contributed by atoms with Crippen molar-refractivity contribution in [3.63, 3.8) is 0 Å². The minimum absolute atomic E-state index is 0.0330. The van der Waals surface area contributed by atoms with Crippen LogP contribution in [0, 0.1) is 0 Å². The molecule has 27 heavy (non-hydrogen) atoms. The number of carbonyl (C=O) groups is 2. The average Bonchev–Trinajstić information content (AvgIpc) is 2.51. The predicted octanol–water partition coefficient (Wildman–Crippen LogP) is 2.27. The van der Waals surface area contributed by atoms with Gasteiger partial charge in [0.2, 0.25) is 0 Å². The first-order valence-electron chi connectivity index (χ1n) is 9.05. The lowest BCUT2D eigenvalue weighted by Crippen LogP contribution is -2.42. The molecule has 1 aromatic heterocycles. The summed E-state index contributed by atoms with van der Waals surface area (Å²) in [5, 5.41) is 5.63. The minimum Gasteiger partial charge on any atom is -0.444 e. The Morgan fingerprint density at radius 2 is 1.81 bits per heavy atom. The Balaban J connectivity index is 3.15. The molecule has 0 saturated heterocycles. The fraction of sp³-hybridized carbons (Fsp3) is 0.667. The lowest BCUT2D eigenvalue weighted by molar-refractivity contribution is 0.0514. The summed E-state index contributed by atoms with van der Waals surface area (Å²) in [6, 6.07) is 0.189. The van der Waals surface area contributed by atoms with Gasteiger partial charge in [0.25, 0.3) is 5.91 Å². The molecule has 0 aliphatic heterocycles. The zero-order valence-electron chi connectivity index (χ0n) is 17.5. The van der Waals surface area contributed by atoms with Crippen molar-refractivity contribution in [3.8, 4) is 0 Å². The Hall–Kier alpha value is -2.58. The fourth-order valence-corrected chi connectivity index (χ4v) is 2.22. The second-order valence-corrected chi connectivity index (χ2v) is 7.63. The van der Waals surface area contributed by atoms with Gasteiger partial charge in [0.15, 0.2) is 17.3 Å². The molecular weight excluding hydrogens is 348 g/mol. The second-order valence-electron chi connectivity index (χ2n) is 7.63. The highest BCUT2D eigenvalue weighted by atomic mass is 16.6. The van der Waals surface area contributed by atoms with E-state index in [0.29, 0.717) is 17.9 Å². The number of hydrogen-bond acceptors (Lipinski definition) is 7. The summed E-state index contributed by atoms with van der Waals surface area (Å²) in [6.45, 7) is 13.0. The fourth-order valence-electron chi connectivity index (χ4n) is 2.22. The molecule has 1 aromatic rings. The number of ether oxygens (including phenoxy) is 1. The summed E-state index contributed by atoms with van der Waals surface area (Å²) in [5.74, 6) is 0.179. The van der Waals surface area contributed by atoms with E-state index < -0.39 is 23.8 Å². The van der Waals surface area contributed by atoms with Crippen LogP contribution in [0.15, 0.2) is 0 Å². The Bertz CT molecular complexity index is 684. The van der Waals surface area contributed by atoms with E-state index in [-0.39, 0.29) is 17.6 Å². The first-order chi connectivity index (χ1) is 12.4. The van der Waals surface area contributed by atoms with E-state index in [1.54, 1.807) is 27.7 Å². The van der Waals surface area contributed by atoms with Crippen LogP contribution in [-0.4, -0.2) is 46.8 Å². The van der Waals surface area contributed by atoms with Gasteiger partial charge < -0.3 is 26.0 Å². The number of nitrogens with one attached hydrogen (secondary N) is 2. The van der Waals surface area contributed by atoms with Gasteiger partial charge >= 0.3 is 6.09 Å². The molecule has 0 aromatic carbocycles. The monoisotopic (exact) mass is 380 g/mol. The van der Waals surface area contributed by atoms with E-state index in [9.17, 15) is 9.59 Å². The number of alkyl carbamates (subject to hydrolysis) is 1.